The van der Waals surface area contributed by atoms with Crippen molar-refractivity contribution in [2.45, 2.75) is 51.7 Å². The summed E-state index contributed by atoms with van der Waals surface area (Å²) in [4.78, 5) is 2.42. The van der Waals surface area contributed by atoms with Crippen molar-refractivity contribution >= 4 is 0 Å². The monoisotopic (exact) mass is 236 g/mol. The van der Waals surface area contributed by atoms with Crippen LogP contribution in [0.5, 0.6) is 0 Å². The topological polar surface area (TPSA) is 28.4 Å². The van der Waals surface area contributed by atoms with Crippen LogP contribution in [0.25, 0.3) is 0 Å². The van der Waals surface area contributed by atoms with Crippen LogP contribution in [0.1, 0.15) is 43.9 Å². The average Bonchev–Trinajstić information content (AvgIpc) is 2.63. The van der Waals surface area contributed by atoms with Gasteiger partial charge >= 0.3 is 0 Å². The van der Waals surface area contributed by atoms with Gasteiger partial charge in [0.25, 0.3) is 0 Å². The van der Waals surface area contributed by atoms with Crippen molar-refractivity contribution < 1.29 is 4.42 Å². The molecule has 1 heterocycles. The van der Waals surface area contributed by atoms with E-state index in [1.165, 1.54) is 31.2 Å². The second kappa shape index (κ2) is 6.22. The van der Waals surface area contributed by atoms with Gasteiger partial charge in [-0.1, -0.05) is 13.3 Å². The second-order valence-electron chi connectivity index (χ2n) is 5.05. The van der Waals surface area contributed by atoms with Crippen molar-refractivity contribution in [1.29, 1.82) is 0 Å². The first kappa shape index (κ1) is 12.7. The Morgan fingerprint density at radius 1 is 1.47 bits per heavy atom. The molecule has 96 valence electrons. The minimum absolute atomic E-state index is 0.775. The van der Waals surface area contributed by atoms with Crippen LogP contribution in [0.4, 0.5) is 0 Å². The maximum Gasteiger partial charge on any atom is 0.122 e. The molecule has 0 amide bonds. The molecular weight excluding hydrogens is 212 g/mol. The minimum atomic E-state index is 0.775. The van der Waals surface area contributed by atoms with E-state index in [-0.39, 0.29) is 0 Å². The molecule has 0 saturated heterocycles. The van der Waals surface area contributed by atoms with Gasteiger partial charge in [0.05, 0.1) is 12.8 Å². The molecule has 3 nitrogen and oxygen atoms in total. The second-order valence-corrected chi connectivity index (χ2v) is 5.05. The third kappa shape index (κ3) is 3.33. The molecule has 1 aromatic heterocycles. The van der Waals surface area contributed by atoms with Gasteiger partial charge in [0.15, 0.2) is 0 Å². The van der Waals surface area contributed by atoms with E-state index in [1.54, 1.807) is 0 Å². The first-order chi connectivity index (χ1) is 8.31. The standard InChI is InChI=1S/C14H24N2O/c1-3-8-15-10-12-7-9-17-14(12)11-16(2)13-5-4-6-13/h7,9,13,15H,3-6,8,10-11H2,1-2H3. The molecule has 3 heteroatoms. The van der Waals surface area contributed by atoms with Crippen LogP contribution in [0.3, 0.4) is 0 Å². The highest BCUT2D eigenvalue weighted by atomic mass is 16.3. The van der Waals surface area contributed by atoms with E-state index in [2.05, 4.69) is 30.3 Å². The molecule has 0 atom stereocenters. The zero-order valence-electron chi connectivity index (χ0n) is 11.0. The van der Waals surface area contributed by atoms with Crippen molar-refractivity contribution in [2.75, 3.05) is 13.6 Å². The number of furan rings is 1. The zero-order chi connectivity index (χ0) is 12.1. The molecule has 1 N–H and O–H groups in total. The molecule has 0 aliphatic heterocycles. The lowest BCUT2D eigenvalue weighted by Gasteiger charge is -2.34. The lowest BCUT2D eigenvalue weighted by atomic mass is 9.92. The van der Waals surface area contributed by atoms with Gasteiger partial charge in [0.2, 0.25) is 0 Å². The van der Waals surface area contributed by atoms with Crippen molar-refractivity contribution in [3.05, 3.63) is 23.7 Å². The van der Waals surface area contributed by atoms with Gasteiger partial charge in [-0.2, -0.15) is 0 Å². The fourth-order valence-corrected chi connectivity index (χ4v) is 2.25. The molecule has 0 unspecified atom stereocenters. The average molecular weight is 236 g/mol. The van der Waals surface area contributed by atoms with Crippen molar-refractivity contribution in [3.8, 4) is 0 Å². The predicted octanol–water partition coefficient (Wildman–Crippen LogP) is 2.76. The first-order valence-electron chi connectivity index (χ1n) is 6.77. The third-order valence-electron chi connectivity index (χ3n) is 3.67. The third-order valence-corrected chi connectivity index (χ3v) is 3.67. The molecular formula is C14H24N2O. The quantitative estimate of drug-likeness (QED) is 0.738. The zero-order valence-corrected chi connectivity index (χ0v) is 11.0. The van der Waals surface area contributed by atoms with Crippen LogP contribution in [0, 0.1) is 0 Å². The number of nitrogens with one attached hydrogen (secondary N) is 1. The molecule has 1 fully saturated rings. The fourth-order valence-electron chi connectivity index (χ4n) is 2.25. The van der Waals surface area contributed by atoms with Crippen LogP contribution >= 0.6 is 0 Å². The van der Waals surface area contributed by atoms with Crippen molar-refractivity contribution in [1.82, 2.24) is 10.2 Å². The summed E-state index contributed by atoms with van der Waals surface area (Å²) < 4.78 is 5.60. The van der Waals surface area contributed by atoms with E-state index >= 15 is 0 Å². The van der Waals surface area contributed by atoms with Crippen LogP contribution in [0.2, 0.25) is 0 Å². The molecule has 1 aliphatic carbocycles. The van der Waals surface area contributed by atoms with Crippen LogP contribution in [-0.4, -0.2) is 24.5 Å². The van der Waals surface area contributed by atoms with E-state index in [4.69, 9.17) is 4.42 Å². The van der Waals surface area contributed by atoms with Gasteiger partial charge in [-0.05, 0) is 38.9 Å². The Morgan fingerprint density at radius 2 is 2.29 bits per heavy atom. The molecule has 1 aliphatic rings. The Labute approximate surface area is 104 Å². The summed E-state index contributed by atoms with van der Waals surface area (Å²) in [6.45, 7) is 5.13. The number of hydrogen-bond acceptors (Lipinski definition) is 3. The Morgan fingerprint density at radius 3 is 2.94 bits per heavy atom. The Kier molecular flexibility index (Phi) is 4.63. The van der Waals surface area contributed by atoms with Crippen molar-refractivity contribution in [3.63, 3.8) is 0 Å². The fraction of sp³-hybridized carbons (Fsp3) is 0.714. The molecule has 0 bridgehead atoms. The van der Waals surface area contributed by atoms with E-state index in [1.807, 2.05) is 6.26 Å². The molecule has 0 aromatic carbocycles. The number of rotatable bonds is 7. The lowest BCUT2D eigenvalue weighted by Crippen LogP contribution is -2.36. The first-order valence-corrected chi connectivity index (χ1v) is 6.77. The number of nitrogens with zero attached hydrogens (tertiary/aromatic N) is 1. The summed E-state index contributed by atoms with van der Waals surface area (Å²) in [7, 11) is 2.20. The van der Waals surface area contributed by atoms with Crippen LogP contribution in [0.15, 0.2) is 16.7 Å². The molecule has 1 aromatic rings. The highest BCUT2D eigenvalue weighted by Crippen LogP contribution is 2.25. The van der Waals surface area contributed by atoms with Gasteiger partial charge in [-0.25, -0.2) is 0 Å². The van der Waals surface area contributed by atoms with Crippen molar-refractivity contribution in [2.24, 2.45) is 0 Å². The molecule has 1 saturated carbocycles. The minimum Gasteiger partial charge on any atom is -0.468 e. The van der Waals surface area contributed by atoms with E-state index in [0.29, 0.717) is 0 Å². The Balaban J connectivity index is 1.84. The Hall–Kier alpha value is -0.800. The van der Waals surface area contributed by atoms with E-state index in [9.17, 15) is 0 Å². The van der Waals surface area contributed by atoms with Gasteiger partial charge in [-0.15, -0.1) is 0 Å². The van der Waals surface area contributed by atoms with Gasteiger partial charge in [0.1, 0.15) is 5.76 Å². The van der Waals surface area contributed by atoms with Gasteiger partial charge in [-0.3, -0.25) is 4.90 Å². The molecule has 17 heavy (non-hydrogen) atoms. The predicted molar refractivity (Wildman–Crippen MR) is 69.8 cm³/mol. The summed E-state index contributed by atoms with van der Waals surface area (Å²) in [6.07, 6.45) is 7.07. The van der Waals surface area contributed by atoms with E-state index < -0.39 is 0 Å². The Bertz CT molecular complexity index is 331. The molecule has 2 rings (SSSR count). The SMILES string of the molecule is CCCNCc1ccoc1CN(C)C1CCC1. The molecule has 0 radical (unpaired) electrons. The van der Waals surface area contributed by atoms with Gasteiger partial charge in [0, 0.05) is 18.2 Å². The smallest absolute Gasteiger partial charge is 0.122 e. The summed E-state index contributed by atoms with van der Waals surface area (Å²) in [5.41, 5.74) is 1.31. The normalized spacial score (nSPS) is 16.4. The summed E-state index contributed by atoms with van der Waals surface area (Å²) >= 11 is 0. The summed E-state index contributed by atoms with van der Waals surface area (Å²) in [5, 5.41) is 3.43. The summed E-state index contributed by atoms with van der Waals surface area (Å²) in [6, 6.07) is 2.86. The number of hydrogen-bond donors (Lipinski definition) is 1. The van der Waals surface area contributed by atoms with Crippen LogP contribution < -0.4 is 5.32 Å². The van der Waals surface area contributed by atoms with E-state index in [0.717, 1.165) is 31.4 Å². The van der Waals surface area contributed by atoms with Gasteiger partial charge < -0.3 is 9.73 Å². The summed E-state index contributed by atoms with van der Waals surface area (Å²) in [5.74, 6) is 1.13. The highest BCUT2D eigenvalue weighted by molar-refractivity contribution is 5.16. The van der Waals surface area contributed by atoms with Crippen LogP contribution in [-0.2, 0) is 13.1 Å². The maximum absolute atomic E-state index is 5.60. The molecule has 0 spiro atoms. The maximum atomic E-state index is 5.60. The lowest BCUT2D eigenvalue weighted by molar-refractivity contribution is 0.142. The largest absolute Gasteiger partial charge is 0.468 e. The highest BCUT2D eigenvalue weighted by Gasteiger charge is 2.23.